The van der Waals surface area contributed by atoms with Gasteiger partial charge in [-0.05, 0) is 25.7 Å². The molecule has 20 heavy (non-hydrogen) atoms. The summed E-state index contributed by atoms with van der Waals surface area (Å²) < 4.78 is 5.29. The summed E-state index contributed by atoms with van der Waals surface area (Å²) in [4.78, 5) is 25.5. The van der Waals surface area contributed by atoms with Crippen LogP contribution in [0.1, 0.15) is 44.9 Å². The predicted molar refractivity (Wildman–Crippen MR) is 73.6 cm³/mol. The van der Waals surface area contributed by atoms with Gasteiger partial charge in [-0.1, -0.05) is 19.3 Å². The number of ether oxygens (including phenoxy) is 1. The molecule has 2 fully saturated rings. The van der Waals surface area contributed by atoms with Crippen LogP contribution in [0.5, 0.6) is 0 Å². The monoisotopic (exact) mass is 284 g/mol. The summed E-state index contributed by atoms with van der Waals surface area (Å²) in [7, 11) is 1.74. The summed E-state index contributed by atoms with van der Waals surface area (Å²) in [5, 5.41) is 12.3. The van der Waals surface area contributed by atoms with Crippen molar-refractivity contribution in [2.75, 3.05) is 20.3 Å². The third kappa shape index (κ3) is 3.23. The number of amides is 2. The largest absolute Gasteiger partial charge is 0.480 e. The Kier molecular flexibility index (Phi) is 4.86. The van der Waals surface area contributed by atoms with Crippen molar-refractivity contribution in [3.63, 3.8) is 0 Å². The summed E-state index contributed by atoms with van der Waals surface area (Å²) in [5.41, 5.74) is -1.07. The number of carboxylic acids is 1. The van der Waals surface area contributed by atoms with Gasteiger partial charge in [0.1, 0.15) is 5.54 Å². The Morgan fingerprint density at radius 1 is 1.20 bits per heavy atom. The van der Waals surface area contributed by atoms with Crippen molar-refractivity contribution < 1.29 is 19.4 Å². The Morgan fingerprint density at radius 2 is 1.80 bits per heavy atom. The fourth-order valence-corrected chi connectivity index (χ4v) is 3.08. The molecular formula is C14H24N2O4. The van der Waals surface area contributed by atoms with Crippen molar-refractivity contribution in [3.8, 4) is 0 Å². The van der Waals surface area contributed by atoms with E-state index in [9.17, 15) is 14.7 Å². The van der Waals surface area contributed by atoms with Crippen molar-refractivity contribution in [1.29, 1.82) is 0 Å². The highest BCUT2D eigenvalue weighted by Crippen LogP contribution is 2.29. The van der Waals surface area contributed by atoms with E-state index in [-0.39, 0.29) is 12.1 Å². The Balaban J connectivity index is 1.98. The van der Waals surface area contributed by atoms with Gasteiger partial charge in [-0.2, -0.15) is 0 Å². The lowest BCUT2D eigenvalue weighted by molar-refractivity contribution is -0.146. The van der Waals surface area contributed by atoms with E-state index in [1.165, 1.54) is 0 Å². The Bertz CT molecular complexity index is 360. The average Bonchev–Trinajstić information content (AvgIpc) is 2.48. The van der Waals surface area contributed by atoms with Crippen molar-refractivity contribution in [2.45, 2.75) is 56.5 Å². The minimum absolute atomic E-state index is 0.137. The van der Waals surface area contributed by atoms with Crippen LogP contribution in [-0.2, 0) is 9.53 Å². The van der Waals surface area contributed by atoms with E-state index in [0.29, 0.717) is 26.1 Å². The van der Waals surface area contributed by atoms with Gasteiger partial charge in [-0.15, -0.1) is 0 Å². The van der Waals surface area contributed by atoms with Crippen molar-refractivity contribution >= 4 is 12.0 Å². The molecule has 6 heteroatoms. The van der Waals surface area contributed by atoms with Crippen LogP contribution in [0.2, 0.25) is 0 Å². The molecule has 1 heterocycles. The zero-order valence-corrected chi connectivity index (χ0v) is 12.1. The summed E-state index contributed by atoms with van der Waals surface area (Å²) >= 11 is 0. The molecule has 1 aliphatic heterocycles. The SMILES string of the molecule is CN(C(=O)NC1(C(=O)O)CCCCC1)C1CCOCC1. The lowest BCUT2D eigenvalue weighted by Crippen LogP contribution is -2.59. The number of urea groups is 1. The Hall–Kier alpha value is -1.30. The number of aliphatic carboxylic acids is 1. The van der Waals surface area contributed by atoms with Gasteiger partial charge in [-0.3, -0.25) is 0 Å². The number of nitrogens with one attached hydrogen (secondary N) is 1. The summed E-state index contributed by atoms with van der Waals surface area (Å²) in [6.07, 6.45) is 5.42. The molecule has 0 radical (unpaired) electrons. The minimum Gasteiger partial charge on any atom is -0.480 e. The molecule has 0 spiro atoms. The normalized spacial score (nSPS) is 23.1. The average molecular weight is 284 g/mol. The van der Waals surface area contributed by atoms with Gasteiger partial charge in [0, 0.05) is 26.3 Å². The third-order valence-corrected chi connectivity index (χ3v) is 4.52. The second kappa shape index (κ2) is 6.43. The van der Waals surface area contributed by atoms with E-state index in [2.05, 4.69) is 5.32 Å². The van der Waals surface area contributed by atoms with Crippen LogP contribution in [0, 0.1) is 0 Å². The highest BCUT2D eigenvalue weighted by molar-refractivity contribution is 5.86. The topological polar surface area (TPSA) is 78.9 Å². The summed E-state index contributed by atoms with van der Waals surface area (Å²) in [6.45, 7) is 1.32. The summed E-state index contributed by atoms with van der Waals surface area (Å²) in [6, 6.07) is -0.139. The van der Waals surface area contributed by atoms with E-state index >= 15 is 0 Å². The number of carbonyl (C=O) groups excluding carboxylic acids is 1. The molecule has 2 amide bonds. The van der Waals surface area contributed by atoms with Gasteiger partial charge < -0.3 is 20.1 Å². The molecule has 0 atom stereocenters. The molecule has 0 bridgehead atoms. The zero-order valence-electron chi connectivity index (χ0n) is 12.1. The first-order chi connectivity index (χ1) is 9.55. The van der Waals surface area contributed by atoms with Gasteiger partial charge in [0.25, 0.3) is 0 Å². The van der Waals surface area contributed by atoms with E-state index in [1.807, 2.05) is 0 Å². The lowest BCUT2D eigenvalue weighted by Gasteiger charge is -2.38. The molecule has 6 nitrogen and oxygen atoms in total. The smallest absolute Gasteiger partial charge is 0.329 e. The molecule has 0 aromatic heterocycles. The van der Waals surface area contributed by atoms with Crippen LogP contribution in [-0.4, -0.2) is 53.8 Å². The highest BCUT2D eigenvalue weighted by atomic mass is 16.5. The molecule has 1 saturated carbocycles. The Labute approximate surface area is 119 Å². The molecule has 114 valence electrons. The van der Waals surface area contributed by atoms with Crippen molar-refractivity contribution in [2.24, 2.45) is 0 Å². The van der Waals surface area contributed by atoms with Gasteiger partial charge in [0.15, 0.2) is 0 Å². The quantitative estimate of drug-likeness (QED) is 0.825. The number of carboxylic acid groups (broad SMARTS) is 1. The molecule has 0 unspecified atom stereocenters. The molecule has 1 saturated heterocycles. The second-order valence-corrected chi connectivity index (χ2v) is 5.83. The molecule has 0 aromatic carbocycles. The molecular weight excluding hydrogens is 260 g/mol. The fraction of sp³-hybridized carbons (Fsp3) is 0.857. The lowest BCUT2D eigenvalue weighted by atomic mass is 9.82. The highest BCUT2D eigenvalue weighted by Gasteiger charge is 2.42. The number of hydrogen-bond acceptors (Lipinski definition) is 3. The maximum atomic E-state index is 12.3. The number of nitrogens with zero attached hydrogens (tertiary/aromatic N) is 1. The number of rotatable bonds is 3. The Morgan fingerprint density at radius 3 is 2.35 bits per heavy atom. The maximum absolute atomic E-state index is 12.3. The molecule has 1 aliphatic carbocycles. The van der Waals surface area contributed by atoms with Crippen molar-refractivity contribution in [3.05, 3.63) is 0 Å². The van der Waals surface area contributed by atoms with Crippen molar-refractivity contribution in [1.82, 2.24) is 10.2 Å². The van der Waals surface area contributed by atoms with Crippen LogP contribution in [0.4, 0.5) is 4.79 Å². The molecule has 2 aliphatic rings. The molecule has 2 rings (SSSR count). The molecule has 2 N–H and O–H groups in total. The first-order valence-corrected chi connectivity index (χ1v) is 7.41. The maximum Gasteiger partial charge on any atom is 0.329 e. The summed E-state index contributed by atoms with van der Waals surface area (Å²) in [5.74, 6) is -0.911. The van der Waals surface area contributed by atoms with E-state index < -0.39 is 11.5 Å². The van der Waals surface area contributed by atoms with E-state index in [0.717, 1.165) is 32.1 Å². The van der Waals surface area contributed by atoms with Gasteiger partial charge in [-0.25, -0.2) is 9.59 Å². The van der Waals surface area contributed by atoms with Crippen LogP contribution < -0.4 is 5.32 Å². The fourth-order valence-electron chi connectivity index (χ4n) is 3.08. The van der Waals surface area contributed by atoms with Gasteiger partial charge >= 0.3 is 12.0 Å². The van der Waals surface area contributed by atoms with Crippen LogP contribution >= 0.6 is 0 Å². The minimum atomic E-state index is -1.07. The van der Waals surface area contributed by atoms with Gasteiger partial charge in [0.05, 0.1) is 0 Å². The zero-order chi connectivity index (χ0) is 14.6. The van der Waals surface area contributed by atoms with E-state index in [1.54, 1.807) is 11.9 Å². The second-order valence-electron chi connectivity index (χ2n) is 5.83. The first-order valence-electron chi connectivity index (χ1n) is 7.41. The van der Waals surface area contributed by atoms with Crippen LogP contribution in [0.3, 0.4) is 0 Å². The van der Waals surface area contributed by atoms with E-state index in [4.69, 9.17) is 4.74 Å². The third-order valence-electron chi connectivity index (χ3n) is 4.52. The predicted octanol–water partition coefficient (Wildman–Crippen LogP) is 1.59. The first kappa shape index (κ1) is 15.1. The van der Waals surface area contributed by atoms with Crippen LogP contribution in [0.25, 0.3) is 0 Å². The number of carbonyl (C=O) groups is 2. The van der Waals surface area contributed by atoms with Gasteiger partial charge in [0.2, 0.25) is 0 Å². The standard InChI is InChI=1S/C14H24N2O4/c1-16(11-5-9-20-10-6-11)13(19)15-14(12(17)18)7-3-2-4-8-14/h11H,2-10H2,1H3,(H,15,19)(H,17,18). The van der Waals surface area contributed by atoms with Crippen LogP contribution in [0.15, 0.2) is 0 Å². The molecule has 0 aromatic rings. The number of hydrogen-bond donors (Lipinski definition) is 2.